The Bertz CT molecular complexity index is 609. The number of nitrogens with one attached hydrogen (secondary N) is 1. The van der Waals surface area contributed by atoms with E-state index in [9.17, 15) is 0 Å². The second-order valence-electron chi connectivity index (χ2n) is 3.27. The maximum Gasteiger partial charge on any atom is 0.216 e. The number of aromatic amines is 1. The topological polar surface area (TPSA) is 46.0 Å². The molecule has 1 aromatic heterocycles. The molecule has 0 amide bonds. The summed E-state index contributed by atoms with van der Waals surface area (Å²) in [5.74, 6) is 0.662. The zero-order valence-electron chi connectivity index (χ0n) is 8.82. The number of nitrogens with zero attached hydrogens (tertiary/aromatic N) is 3. The monoisotopic (exact) mass is 286 g/mol. The minimum absolute atomic E-state index is 0.418. The summed E-state index contributed by atoms with van der Waals surface area (Å²) >= 11 is 17.0. The van der Waals surface area contributed by atoms with Gasteiger partial charge in [-0.2, -0.15) is 14.9 Å². The molecule has 1 N–H and O–H groups in total. The number of hydrogen-bond acceptors (Lipinski definition) is 3. The van der Waals surface area contributed by atoms with Crippen LogP contribution in [0.4, 0.5) is 0 Å². The molecule has 2 aromatic rings. The van der Waals surface area contributed by atoms with Crippen LogP contribution in [0.5, 0.6) is 0 Å². The van der Waals surface area contributed by atoms with E-state index >= 15 is 0 Å². The highest BCUT2D eigenvalue weighted by molar-refractivity contribution is 7.71. The van der Waals surface area contributed by atoms with Crippen LogP contribution in [0.25, 0.3) is 0 Å². The maximum atomic E-state index is 6.01. The van der Waals surface area contributed by atoms with Crippen LogP contribution in [-0.2, 0) is 0 Å². The molecule has 1 heterocycles. The minimum Gasteiger partial charge on any atom is -0.250 e. The zero-order valence-corrected chi connectivity index (χ0v) is 11.1. The van der Waals surface area contributed by atoms with Gasteiger partial charge >= 0.3 is 0 Å². The first-order valence-electron chi connectivity index (χ1n) is 4.72. The van der Waals surface area contributed by atoms with Crippen LogP contribution >= 0.6 is 35.4 Å². The largest absolute Gasteiger partial charge is 0.250 e. The Morgan fingerprint density at radius 1 is 1.41 bits per heavy atom. The molecule has 0 aliphatic rings. The fourth-order valence-electron chi connectivity index (χ4n) is 1.26. The van der Waals surface area contributed by atoms with Crippen molar-refractivity contribution in [1.82, 2.24) is 14.9 Å². The molecule has 0 spiro atoms. The first-order chi connectivity index (χ1) is 8.09. The summed E-state index contributed by atoms with van der Waals surface area (Å²) in [5.41, 5.74) is 0.651. The normalized spacial score (nSPS) is 11.2. The molecule has 0 saturated heterocycles. The van der Waals surface area contributed by atoms with Gasteiger partial charge < -0.3 is 0 Å². The standard InChI is InChI=1S/C10H8Cl2N4S/c1-6-14-15-10(17)16(6)13-5-7-8(11)3-2-4-9(7)12/h2-5H,1H3,(H,15,17)/b13-5-. The van der Waals surface area contributed by atoms with Crippen molar-refractivity contribution < 1.29 is 0 Å². The molecule has 0 radical (unpaired) electrons. The number of hydrogen-bond donors (Lipinski definition) is 1. The third-order valence-corrected chi connectivity index (χ3v) is 3.04. The van der Waals surface area contributed by atoms with Crippen LogP contribution in [0.3, 0.4) is 0 Å². The predicted molar refractivity (Wildman–Crippen MR) is 71.6 cm³/mol. The van der Waals surface area contributed by atoms with Crippen LogP contribution in [0.15, 0.2) is 23.3 Å². The maximum absolute atomic E-state index is 6.01. The molecular formula is C10H8Cl2N4S. The van der Waals surface area contributed by atoms with E-state index in [-0.39, 0.29) is 0 Å². The third-order valence-electron chi connectivity index (χ3n) is 2.11. The Balaban J connectivity index is 2.43. The molecule has 2 rings (SSSR count). The highest BCUT2D eigenvalue weighted by Crippen LogP contribution is 2.22. The Morgan fingerprint density at radius 2 is 2.06 bits per heavy atom. The van der Waals surface area contributed by atoms with E-state index < -0.39 is 0 Å². The van der Waals surface area contributed by atoms with Crippen molar-refractivity contribution in [1.29, 1.82) is 0 Å². The van der Waals surface area contributed by atoms with Crippen LogP contribution in [0, 0.1) is 11.7 Å². The molecule has 7 heteroatoms. The lowest BCUT2D eigenvalue weighted by Gasteiger charge is -2.00. The van der Waals surface area contributed by atoms with Gasteiger partial charge in [0.1, 0.15) is 5.82 Å². The van der Waals surface area contributed by atoms with Crippen molar-refractivity contribution in [2.24, 2.45) is 5.10 Å². The first kappa shape index (κ1) is 12.3. The molecular weight excluding hydrogens is 279 g/mol. The lowest BCUT2D eigenvalue weighted by molar-refractivity contribution is 0.821. The number of aromatic nitrogens is 3. The summed E-state index contributed by atoms with van der Waals surface area (Å²) in [5, 5.41) is 11.8. The summed E-state index contributed by atoms with van der Waals surface area (Å²) in [7, 11) is 0. The Hall–Kier alpha value is -1.17. The molecule has 17 heavy (non-hydrogen) atoms. The quantitative estimate of drug-likeness (QED) is 0.679. The van der Waals surface area contributed by atoms with Gasteiger partial charge in [0.15, 0.2) is 0 Å². The number of rotatable bonds is 2. The average Bonchev–Trinajstić information content (AvgIpc) is 2.59. The molecule has 0 bridgehead atoms. The van der Waals surface area contributed by atoms with Gasteiger partial charge in [-0.3, -0.25) is 5.10 Å². The second kappa shape index (κ2) is 5.00. The number of aryl methyl sites for hydroxylation is 1. The lowest BCUT2D eigenvalue weighted by atomic mass is 10.2. The summed E-state index contributed by atoms with van der Waals surface area (Å²) in [6, 6.07) is 5.27. The molecule has 0 fully saturated rings. The number of benzene rings is 1. The van der Waals surface area contributed by atoms with Crippen LogP contribution < -0.4 is 0 Å². The van der Waals surface area contributed by atoms with Gasteiger partial charge in [0.25, 0.3) is 0 Å². The second-order valence-corrected chi connectivity index (χ2v) is 4.47. The lowest BCUT2D eigenvalue weighted by Crippen LogP contribution is -1.94. The van der Waals surface area contributed by atoms with E-state index in [2.05, 4.69) is 15.3 Å². The van der Waals surface area contributed by atoms with Gasteiger partial charge in [-0.1, -0.05) is 29.3 Å². The molecule has 0 aliphatic heterocycles. The number of halogens is 2. The van der Waals surface area contributed by atoms with E-state index in [0.29, 0.717) is 26.2 Å². The van der Waals surface area contributed by atoms with Gasteiger partial charge in [0, 0.05) is 5.56 Å². The van der Waals surface area contributed by atoms with Crippen molar-refractivity contribution >= 4 is 41.6 Å². The minimum atomic E-state index is 0.418. The summed E-state index contributed by atoms with van der Waals surface area (Å²) in [6.45, 7) is 1.79. The van der Waals surface area contributed by atoms with Crippen molar-refractivity contribution in [3.05, 3.63) is 44.4 Å². The predicted octanol–water partition coefficient (Wildman–Crippen LogP) is 3.44. The smallest absolute Gasteiger partial charge is 0.216 e. The summed E-state index contributed by atoms with van der Waals surface area (Å²) < 4.78 is 1.91. The highest BCUT2D eigenvalue weighted by Gasteiger charge is 2.03. The molecule has 0 aliphatic carbocycles. The fraction of sp³-hybridized carbons (Fsp3) is 0.100. The van der Waals surface area contributed by atoms with Crippen LogP contribution in [-0.4, -0.2) is 21.1 Å². The molecule has 0 saturated carbocycles. The Kier molecular flexibility index (Phi) is 3.61. The zero-order chi connectivity index (χ0) is 12.4. The van der Waals surface area contributed by atoms with Crippen LogP contribution in [0.2, 0.25) is 10.0 Å². The van der Waals surface area contributed by atoms with Gasteiger partial charge in [0.2, 0.25) is 4.77 Å². The molecule has 1 aromatic carbocycles. The van der Waals surface area contributed by atoms with Crippen molar-refractivity contribution in [2.75, 3.05) is 0 Å². The van der Waals surface area contributed by atoms with Gasteiger partial charge in [0.05, 0.1) is 16.3 Å². The Labute approximate surface area is 113 Å². The van der Waals surface area contributed by atoms with Crippen LogP contribution in [0.1, 0.15) is 11.4 Å². The fourth-order valence-corrected chi connectivity index (χ4v) is 1.98. The van der Waals surface area contributed by atoms with Crippen molar-refractivity contribution in [3.63, 3.8) is 0 Å². The van der Waals surface area contributed by atoms with Crippen molar-refractivity contribution in [2.45, 2.75) is 6.92 Å². The van der Waals surface area contributed by atoms with Gasteiger partial charge in [-0.15, -0.1) is 0 Å². The van der Waals surface area contributed by atoms with E-state index in [4.69, 9.17) is 35.4 Å². The van der Waals surface area contributed by atoms with Crippen molar-refractivity contribution in [3.8, 4) is 0 Å². The van der Waals surface area contributed by atoms with E-state index in [1.165, 1.54) is 4.68 Å². The summed E-state index contributed by atoms with van der Waals surface area (Å²) in [6.07, 6.45) is 1.56. The van der Waals surface area contributed by atoms with E-state index in [1.54, 1.807) is 31.3 Å². The van der Waals surface area contributed by atoms with E-state index in [0.717, 1.165) is 0 Å². The Morgan fingerprint density at radius 3 is 2.59 bits per heavy atom. The number of H-pyrrole nitrogens is 1. The third kappa shape index (κ3) is 2.57. The molecule has 0 atom stereocenters. The highest BCUT2D eigenvalue weighted by atomic mass is 35.5. The summed E-state index contributed by atoms with van der Waals surface area (Å²) in [4.78, 5) is 0. The van der Waals surface area contributed by atoms with Gasteiger partial charge in [-0.05, 0) is 31.3 Å². The first-order valence-corrected chi connectivity index (χ1v) is 5.88. The SMILES string of the molecule is Cc1n[nH]c(=S)n1/N=C\c1c(Cl)cccc1Cl. The molecule has 88 valence electrons. The van der Waals surface area contributed by atoms with E-state index in [1.807, 2.05) is 0 Å². The molecule has 0 unspecified atom stereocenters. The van der Waals surface area contributed by atoms with Gasteiger partial charge in [-0.25, -0.2) is 0 Å². The average molecular weight is 287 g/mol. The molecule has 4 nitrogen and oxygen atoms in total.